The lowest BCUT2D eigenvalue weighted by Gasteiger charge is -2.09. The molecule has 0 aliphatic heterocycles. The van der Waals surface area contributed by atoms with Gasteiger partial charge in [-0.25, -0.2) is 0 Å². The third-order valence-electron chi connectivity index (χ3n) is 4.02. The van der Waals surface area contributed by atoms with Gasteiger partial charge in [-0.15, -0.1) is 0 Å². The number of nitrogens with one attached hydrogen (secondary N) is 2. The van der Waals surface area contributed by atoms with Crippen LogP contribution in [0.3, 0.4) is 0 Å². The number of anilines is 1. The zero-order valence-electron chi connectivity index (χ0n) is 14.7. The van der Waals surface area contributed by atoms with Crippen molar-refractivity contribution in [3.8, 4) is 0 Å². The van der Waals surface area contributed by atoms with Crippen molar-refractivity contribution >= 4 is 29.1 Å². The van der Waals surface area contributed by atoms with Gasteiger partial charge in [-0.05, 0) is 60.5 Å². The molecule has 0 saturated heterocycles. The van der Waals surface area contributed by atoms with Gasteiger partial charge in [0.2, 0.25) is 0 Å². The largest absolute Gasteiger partial charge is 0.348 e. The number of aryl methyl sites for hydroxylation is 1. The number of hydrogen-bond donors (Lipinski definition) is 2. The topological polar surface area (TPSA) is 71.1 Å². The van der Waals surface area contributed by atoms with Crippen molar-refractivity contribution in [3.05, 3.63) is 94.3 Å². The van der Waals surface area contributed by atoms with Crippen molar-refractivity contribution in [2.75, 3.05) is 5.32 Å². The minimum atomic E-state index is -0.307. The summed E-state index contributed by atoms with van der Waals surface area (Å²) in [6.45, 7) is 2.28. The predicted octanol–water partition coefficient (Wildman–Crippen LogP) is 4.23. The first-order chi connectivity index (χ1) is 13.0. The highest BCUT2D eigenvalue weighted by atomic mass is 35.5. The number of amides is 2. The molecule has 0 aliphatic rings. The zero-order chi connectivity index (χ0) is 19.2. The van der Waals surface area contributed by atoms with Crippen LogP contribution < -0.4 is 10.6 Å². The summed E-state index contributed by atoms with van der Waals surface area (Å²) in [7, 11) is 0. The van der Waals surface area contributed by atoms with Gasteiger partial charge in [-0.2, -0.15) is 0 Å². The molecule has 0 bridgehead atoms. The van der Waals surface area contributed by atoms with Gasteiger partial charge < -0.3 is 10.6 Å². The van der Waals surface area contributed by atoms with Crippen molar-refractivity contribution in [1.29, 1.82) is 0 Å². The molecule has 3 aromatic rings. The van der Waals surface area contributed by atoms with E-state index in [-0.39, 0.29) is 11.8 Å². The number of carbonyl (C=O) groups is 2. The molecule has 0 spiro atoms. The molecule has 0 aliphatic carbocycles. The maximum absolute atomic E-state index is 12.5. The molecule has 1 heterocycles. The van der Waals surface area contributed by atoms with E-state index < -0.39 is 0 Å². The van der Waals surface area contributed by atoms with E-state index in [1.165, 1.54) is 0 Å². The van der Waals surface area contributed by atoms with Crippen LogP contribution >= 0.6 is 11.6 Å². The summed E-state index contributed by atoms with van der Waals surface area (Å²) < 4.78 is 0. The number of pyridine rings is 1. The molecule has 0 unspecified atom stereocenters. The van der Waals surface area contributed by atoms with Gasteiger partial charge in [-0.3, -0.25) is 14.6 Å². The molecule has 0 radical (unpaired) electrons. The Balaban J connectivity index is 1.67. The molecule has 2 amide bonds. The summed E-state index contributed by atoms with van der Waals surface area (Å²) in [6, 6.07) is 15.5. The number of carbonyl (C=O) groups excluding carboxylic acids is 2. The van der Waals surface area contributed by atoms with E-state index in [0.717, 1.165) is 11.1 Å². The van der Waals surface area contributed by atoms with Gasteiger partial charge in [0.1, 0.15) is 0 Å². The van der Waals surface area contributed by atoms with Crippen LogP contribution in [0, 0.1) is 6.92 Å². The van der Waals surface area contributed by atoms with E-state index in [9.17, 15) is 9.59 Å². The van der Waals surface area contributed by atoms with E-state index in [0.29, 0.717) is 28.4 Å². The third kappa shape index (κ3) is 4.92. The van der Waals surface area contributed by atoms with Crippen molar-refractivity contribution in [2.45, 2.75) is 13.5 Å². The number of hydrogen-bond acceptors (Lipinski definition) is 3. The predicted molar refractivity (Wildman–Crippen MR) is 106 cm³/mol. The molecule has 136 valence electrons. The molecule has 0 atom stereocenters. The second-order valence-electron chi connectivity index (χ2n) is 6.04. The van der Waals surface area contributed by atoms with Crippen molar-refractivity contribution in [3.63, 3.8) is 0 Å². The van der Waals surface area contributed by atoms with Gasteiger partial charge in [0.25, 0.3) is 11.8 Å². The Morgan fingerprint density at radius 1 is 0.963 bits per heavy atom. The monoisotopic (exact) mass is 379 g/mol. The molecule has 2 N–H and O–H groups in total. The molecular formula is C21H18ClN3O2. The molecule has 5 nitrogen and oxygen atoms in total. The Morgan fingerprint density at radius 3 is 2.37 bits per heavy atom. The van der Waals surface area contributed by atoms with E-state index in [4.69, 9.17) is 11.6 Å². The van der Waals surface area contributed by atoms with Crippen LogP contribution in [0.4, 0.5) is 5.69 Å². The molecule has 3 rings (SSSR count). The summed E-state index contributed by atoms with van der Waals surface area (Å²) >= 11 is 6.09. The Kier molecular flexibility index (Phi) is 5.84. The van der Waals surface area contributed by atoms with Gasteiger partial charge in [-0.1, -0.05) is 23.7 Å². The molecule has 0 saturated carbocycles. The molecule has 2 aromatic carbocycles. The van der Waals surface area contributed by atoms with E-state index in [1.807, 2.05) is 25.1 Å². The molecule has 0 fully saturated rings. The van der Waals surface area contributed by atoms with Gasteiger partial charge in [0.15, 0.2) is 0 Å². The van der Waals surface area contributed by atoms with Crippen LogP contribution in [0.15, 0.2) is 67.0 Å². The molecule has 1 aromatic heterocycles. The first-order valence-corrected chi connectivity index (χ1v) is 8.75. The van der Waals surface area contributed by atoms with E-state index in [1.54, 1.807) is 48.8 Å². The first kappa shape index (κ1) is 18.6. The van der Waals surface area contributed by atoms with E-state index in [2.05, 4.69) is 15.6 Å². The highest BCUT2D eigenvalue weighted by Gasteiger charge is 2.11. The van der Waals surface area contributed by atoms with Crippen LogP contribution in [-0.4, -0.2) is 16.8 Å². The molecule has 6 heteroatoms. The summed E-state index contributed by atoms with van der Waals surface area (Å²) in [5.41, 5.74) is 3.29. The smallest absolute Gasteiger partial charge is 0.255 e. The van der Waals surface area contributed by atoms with Crippen LogP contribution in [-0.2, 0) is 6.54 Å². The van der Waals surface area contributed by atoms with Crippen LogP contribution in [0.1, 0.15) is 31.8 Å². The highest BCUT2D eigenvalue weighted by Crippen LogP contribution is 2.20. The number of rotatable bonds is 5. The lowest BCUT2D eigenvalue weighted by Crippen LogP contribution is -2.23. The average molecular weight is 380 g/mol. The van der Waals surface area contributed by atoms with Crippen molar-refractivity contribution < 1.29 is 9.59 Å². The lowest BCUT2D eigenvalue weighted by atomic mass is 10.1. The Labute approximate surface area is 162 Å². The number of halogens is 1. The first-order valence-electron chi connectivity index (χ1n) is 8.37. The Morgan fingerprint density at radius 2 is 1.67 bits per heavy atom. The summed E-state index contributed by atoms with van der Waals surface area (Å²) in [6.07, 6.45) is 3.34. The van der Waals surface area contributed by atoms with Crippen molar-refractivity contribution in [1.82, 2.24) is 10.3 Å². The second-order valence-corrected chi connectivity index (χ2v) is 6.44. The number of benzene rings is 2. The van der Waals surface area contributed by atoms with Crippen LogP contribution in [0.5, 0.6) is 0 Å². The SMILES string of the molecule is Cc1ccc(NC(=O)c2cccc(C(=O)NCc3ccncc3)c2)cc1Cl. The summed E-state index contributed by atoms with van der Waals surface area (Å²) in [4.78, 5) is 28.8. The lowest BCUT2D eigenvalue weighted by molar-refractivity contribution is 0.0951. The Hall–Kier alpha value is -3.18. The second kappa shape index (κ2) is 8.47. The maximum Gasteiger partial charge on any atom is 0.255 e. The highest BCUT2D eigenvalue weighted by molar-refractivity contribution is 6.31. The van der Waals surface area contributed by atoms with E-state index >= 15 is 0 Å². The standard InChI is InChI=1S/C21H18ClN3O2/c1-14-5-6-18(12-19(14)22)25-21(27)17-4-2-3-16(11-17)20(26)24-13-15-7-9-23-10-8-15/h2-12H,13H2,1H3,(H,24,26)(H,25,27). The fraction of sp³-hybridized carbons (Fsp3) is 0.0952. The number of nitrogens with zero attached hydrogens (tertiary/aromatic N) is 1. The van der Waals surface area contributed by atoms with Crippen LogP contribution in [0.25, 0.3) is 0 Å². The molecule has 27 heavy (non-hydrogen) atoms. The zero-order valence-corrected chi connectivity index (χ0v) is 15.5. The fourth-order valence-electron chi connectivity index (χ4n) is 2.46. The van der Waals surface area contributed by atoms with Gasteiger partial charge in [0, 0.05) is 40.8 Å². The van der Waals surface area contributed by atoms with Crippen LogP contribution in [0.2, 0.25) is 5.02 Å². The quantitative estimate of drug-likeness (QED) is 0.697. The van der Waals surface area contributed by atoms with Crippen molar-refractivity contribution in [2.24, 2.45) is 0 Å². The minimum Gasteiger partial charge on any atom is -0.348 e. The normalized spacial score (nSPS) is 10.3. The summed E-state index contributed by atoms with van der Waals surface area (Å²) in [5.74, 6) is -0.557. The average Bonchev–Trinajstić information content (AvgIpc) is 2.70. The van der Waals surface area contributed by atoms with Gasteiger partial charge >= 0.3 is 0 Å². The summed E-state index contributed by atoms with van der Waals surface area (Å²) in [5, 5.41) is 6.20. The maximum atomic E-state index is 12.5. The fourth-order valence-corrected chi connectivity index (χ4v) is 2.64. The van der Waals surface area contributed by atoms with Gasteiger partial charge in [0.05, 0.1) is 0 Å². The number of aromatic nitrogens is 1. The Bertz CT molecular complexity index is 974. The minimum absolute atomic E-state index is 0.250. The molecular weight excluding hydrogens is 362 g/mol. The third-order valence-corrected chi connectivity index (χ3v) is 4.43.